The molecule has 3 aromatic rings. The molecule has 4 rings (SSSR count). The number of carboxylic acids is 1. The number of hydrogen-bond acceptors (Lipinski definition) is 5. The van der Waals surface area contributed by atoms with Gasteiger partial charge >= 0.3 is 5.97 Å². The van der Waals surface area contributed by atoms with Gasteiger partial charge in [-0.25, -0.2) is 9.37 Å². The lowest BCUT2D eigenvalue weighted by molar-refractivity contribution is -0.136. The molecule has 0 aliphatic carbocycles. The van der Waals surface area contributed by atoms with Crippen LogP contribution in [0.4, 0.5) is 15.9 Å². The topological polar surface area (TPSA) is 86.3 Å². The van der Waals surface area contributed by atoms with Crippen LogP contribution in [0.1, 0.15) is 35.6 Å². The van der Waals surface area contributed by atoms with Gasteiger partial charge in [0.25, 0.3) is 0 Å². The largest absolute Gasteiger partial charge is 0.481 e. The van der Waals surface area contributed by atoms with Gasteiger partial charge < -0.3 is 21.1 Å². The lowest BCUT2D eigenvalue weighted by Gasteiger charge is -2.35. The van der Waals surface area contributed by atoms with Gasteiger partial charge in [-0.2, -0.15) is 0 Å². The molecule has 166 valence electrons. The Morgan fingerprint density at radius 1 is 1.19 bits per heavy atom. The van der Waals surface area contributed by atoms with Crippen molar-refractivity contribution in [2.75, 3.05) is 23.7 Å². The molecule has 32 heavy (non-hydrogen) atoms. The highest BCUT2D eigenvalue weighted by molar-refractivity contribution is 5.70. The maximum absolute atomic E-state index is 14.1. The van der Waals surface area contributed by atoms with Crippen molar-refractivity contribution >= 4 is 17.5 Å². The first-order chi connectivity index (χ1) is 15.5. The third-order valence-electron chi connectivity index (χ3n) is 5.75. The first-order valence-electron chi connectivity index (χ1n) is 10.7. The minimum Gasteiger partial charge on any atom is -0.481 e. The number of aliphatic carboxylic acids is 1. The highest BCUT2D eigenvalue weighted by atomic mass is 19.1. The van der Waals surface area contributed by atoms with Crippen LogP contribution in [-0.4, -0.2) is 35.2 Å². The summed E-state index contributed by atoms with van der Waals surface area (Å²) in [5.74, 6) is -0.568. The maximum atomic E-state index is 14.1. The Hall–Kier alpha value is -3.45. The molecule has 0 saturated carbocycles. The molecule has 2 aromatic carbocycles. The smallest absolute Gasteiger partial charge is 0.307 e. The molecule has 1 aromatic heterocycles. The number of benzene rings is 2. The molecule has 1 aliphatic rings. The molecule has 0 spiro atoms. The quantitative estimate of drug-likeness (QED) is 0.425. The van der Waals surface area contributed by atoms with E-state index in [0.29, 0.717) is 12.1 Å². The SMILES string of the molecule is C[C@H](CN[C@H](c1ccccc1)[C@H]1CNc2cccnc2N1)c1cc(F)cc(CC(=O)O)c1. The summed E-state index contributed by atoms with van der Waals surface area (Å²) in [6.07, 6.45) is 1.57. The monoisotopic (exact) mass is 434 g/mol. The zero-order chi connectivity index (χ0) is 22.5. The highest BCUT2D eigenvalue weighted by Crippen LogP contribution is 2.29. The number of nitrogens with one attached hydrogen (secondary N) is 3. The normalized spacial score (nSPS) is 16.9. The van der Waals surface area contributed by atoms with Crippen molar-refractivity contribution in [3.63, 3.8) is 0 Å². The van der Waals surface area contributed by atoms with E-state index >= 15 is 0 Å². The Morgan fingerprint density at radius 3 is 2.78 bits per heavy atom. The maximum Gasteiger partial charge on any atom is 0.307 e. The fourth-order valence-electron chi connectivity index (χ4n) is 4.12. The number of fused-ring (bicyclic) bond motifs is 1. The van der Waals surface area contributed by atoms with E-state index in [0.717, 1.165) is 29.2 Å². The van der Waals surface area contributed by atoms with E-state index < -0.39 is 11.8 Å². The number of carbonyl (C=O) groups is 1. The molecule has 2 heterocycles. The molecule has 6 nitrogen and oxygen atoms in total. The number of rotatable bonds is 8. The zero-order valence-electron chi connectivity index (χ0n) is 17.9. The van der Waals surface area contributed by atoms with Crippen LogP contribution in [-0.2, 0) is 11.2 Å². The average molecular weight is 435 g/mol. The van der Waals surface area contributed by atoms with Crippen molar-refractivity contribution in [1.29, 1.82) is 0 Å². The number of anilines is 2. The summed E-state index contributed by atoms with van der Waals surface area (Å²) in [7, 11) is 0. The molecule has 0 saturated heterocycles. The van der Waals surface area contributed by atoms with Crippen LogP contribution in [0.3, 0.4) is 0 Å². The second kappa shape index (κ2) is 9.78. The van der Waals surface area contributed by atoms with Crippen molar-refractivity contribution in [3.05, 3.63) is 89.4 Å². The van der Waals surface area contributed by atoms with Gasteiger partial charge in [0, 0.05) is 19.3 Å². The Labute approximate surface area is 186 Å². The van der Waals surface area contributed by atoms with Gasteiger partial charge in [-0.1, -0.05) is 43.3 Å². The van der Waals surface area contributed by atoms with Gasteiger partial charge in [0.2, 0.25) is 0 Å². The van der Waals surface area contributed by atoms with Crippen molar-refractivity contribution < 1.29 is 14.3 Å². The number of aromatic nitrogens is 1. The molecular formula is C25H27FN4O2. The summed E-state index contributed by atoms with van der Waals surface area (Å²) in [6, 6.07) is 18.7. The second-order valence-corrected chi connectivity index (χ2v) is 8.19. The summed E-state index contributed by atoms with van der Waals surface area (Å²) in [5, 5.41) is 19.7. The van der Waals surface area contributed by atoms with Gasteiger partial charge in [0.15, 0.2) is 0 Å². The predicted molar refractivity (Wildman–Crippen MR) is 123 cm³/mol. The van der Waals surface area contributed by atoms with Crippen LogP contribution in [0, 0.1) is 5.82 Å². The van der Waals surface area contributed by atoms with Gasteiger partial charge in [0.05, 0.1) is 24.2 Å². The molecule has 0 fully saturated rings. The molecule has 7 heteroatoms. The predicted octanol–water partition coefficient (Wildman–Crippen LogP) is 4.19. The van der Waals surface area contributed by atoms with Crippen molar-refractivity contribution in [2.24, 2.45) is 0 Å². The van der Waals surface area contributed by atoms with Crippen molar-refractivity contribution in [2.45, 2.75) is 31.3 Å². The van der Waals surface area contributed by atoms with E-state index in [2.05, 4.69) is 33.1 Å². The summed E-state index contributed by atoms with van der Waals surface area (Å²) in [4.78, 5) is 15.5. The Kier molecular flexibility index (Phi) is 6.66. The van der Waals surface area contributed by atoms with E-state index in [1.807, 2.05) is 37.3 Å². The Balaban J connectivity index is 1.51. The Morgan fingerprint density at radius 2 is 2.00 bits per heavy atom. The molecule has 0 amide bonds. The fourth-order valence-corrected chi connectivity index (χ4v) is 4.12. The molecule has 0 bridgehead atoms. The molecule has 3 atom stereocenters. The number of hydrogen-bond donors (Lipinski definition) is 4. The zero-order valence-corrected chi connectivity index (χ0v) is 17.9. The summed E-state index contributed by atoms with van der Waals surface area (Å²) >= 11 is 0. The van der Waals surface area contributed by atoms with Crippen molar-refractivity contribution in [3.8, 4) is 0 Å². The third kappa shape index (κ3) is 5.23. The van der Waals surface area contributed by atoms with Gasteiger partial charge in [-0.15, -0.1) is 0 Å². The van der Waals surface area contributed by atoms with E-state index in [9.17, 15) is 9.18 Å². The lowest BCUT2D eigenvalue weighted by Crippen LogP contribution is -2.45. The fraction of sp³-hybridized carbons (Fsp3) is 0.280. The number of pyridine rings is 1. The van der Waals surface area contributed by atoms with Crippen LogP contribution >= 0.6 is 0 Å². The number of nitrogens with zero attached hydrogens (tertiary/aromatic N) is 1. The first kappa shape index (κ1) is 21.8. The summed E-state index contributed by atoms with van der Waals surface area (Å²) < 4.78 is 14.1. The van der Waals surface area contributed by atoms with Crippen LogP contribution in [0.15, 0.2) is 66.9 Å². The Bertz CT molecular complexity index is 1080. The van der Waals surface area contributed by atoms with Gasteiger partial charge in [0.1, 0.15) is 11.6 Å². The van der Waals surface area contributed by atoms with Gasteiger partial charge in [-0.3, -0.25) is 4.79 Å². The first-order valence-corrected chi connectivity index (χ1v) is 10.7. The van der Waals surface area contributed by atoms with Crippen molar-refractivity contribution in [1.82, 2.24) is 10.3 Å². The standard InChI is InChI=1S/C25H27FN4O2/c1-16(19-10-17(12-23(31)32)11-20(26)13-19)14-29-24(18-6-3-2-4-7-18)22-15-28-21-8-5-9-27-25(21)30-22/h2-11,13,16,22,24,28-29H,12,14-15H2,1H3,(H,27,30)(H,31,32)/t16-,22-,24-/m1/s1. The summed E-state index contributed by atoms with van der Waals surface area (Å²) in [6.45, 7) is 3.34. The van der Waals surface area contributed by atoms with Crippen LogP contribution < -0.4 is 16.0 Å². The van der Waals surface area contributed by atoms with E-state index in [1.165, 1.54) is 12.1 Å². The van der Waals surface area contributed by atoms with Crippen LogP contribution in [0.25, 0.3) is 0 Å². The molecule has 1 aliphatic heterocycles. The summed E-state index contributed by atoms with van der Waals surface area (Å²) in [5.41, 5.74) is 3.38. The molecule has 0 unspecified atom stereocenters. The van der Waals surface area contributed by atoms with E-state index in [1.54, 1.807) is 12.3 Å². The minimum atomic E-state index is -0.971. The number of halogens is 1. The second-order valence-electron chi connectivity index (χ2n) is 8.19. The molecule has 0 radical (unpaired) electrons. The van der Waals surface area contributed by atoms with Crippen LogP contribution in [0.5, 0.6) is 0 Å². The van der Waals surface area contributed by atoms with Gasteiger partial charge in [-0.05, 0) is 46.9 Å². The molecular weight excluding hydrogens is 407 g/mol. The highest BCUT2D eigenvalue weighted by Gasteiger charge is 2.27. The van der Waals surface area contributed by atoms with E-state index in [-0.39, 0.29) is 24.4 Å². The van der Waals surface area contributed by atoms with Crippen LogP contribution in [0.2, 0.25) is 0 Å². The lowest BCUT2D eigenvalue weighted by atomic mass is 9.94. The number of carboxylic acid groups (broad SMARTS) is 1. The minimum absolute atomic E-state index is 0.00615. The average Bonchev–Trinajstić information content (AvgIpc) is 2.79. The molecule has 4 N–H and O–H groups in total. The third-order valence-corrected chi connectivity index (χ3v) is 5.75. The van der Waals surface area contributed by atoms with E-state index in [4.69, 9.17) is 5.11 Å².